The van der Waals surface area contributed by atoms with Gasteiger partial charge in [0.2, 0.25) is 0 Å². The molecule has 3 heteroatoms. The third-order valence-corrected chi connectivity index (χ3v) is 3.13. The Labute approximate surface area is 81.5 Å². The number of hydrogen-bond donors (Lipinski definition) is 0. The van der Waals surface area contributed by atoms with Crippen molar-refractivity contribution in [1.82, 2.24) is 0 Å². The highest BCUT2D eigenvalue weighted by Gasteiger charge is 2.20. The first-order valence-corrected chi connectivity index (χ1v) is 4.75. The lowest BCUT2D eigenvalue weighted by atomic mass is 10.3. The Kier molecular flexibility index (Phi) is 1.99. The van der Waals surface area contributed by atoms with E-state index in [-0.39, 0.29) is 0 Å². The highest BCUT2D eigenvalue weighted by atomic mass is 32.2. The Morgan fingerprint density at radius 1 is 1.46 bits per heavy atom. The van der Waals surface area contributed by atoms with Crippen molar-refractivity contribution in [3.8, 4) is 6.07 Å². The second-order valence-corrected chi connectivity index (χ2v) is 3.80. The minimum atomic E-state index is 0.990. The van der Waals surface area contributed by atoms with Crippen LogP contribution in [0.2, 0.25) is 0 Å². The summed E-state index contributed by atoms with van der Waals surface area (Å²) in [5.74, 6) is 0. The molecule has 0 amide bonds. The van der Waals surface area contributed by atoms with Gasteiger partial charge in [0.15, 0.2) is 0 Å². The second kappa shape index (κ2) is 3.15. The van der Waals surface area contributed by atoms with Crippen molar-refractivity contribution in [2.45, 2.75) is 4.90 Å². The van der Waals surface area contributed by atoms with Gasteiger partial charge in [-0.05, 0) is 12.1 Å². The highest BCUT2D eigenvalue weighted by molar-refractivity contribution is 8.03. The number of allylic oxidation sites excluding steroid dienone is 1. The molecule has 0 saturated heterocycles. The molecular weight excluding hydrogens is 180 g/mol. The van der Waals surface area contributed by atoms with Crippen molar-refractivity contribution in [1.29, 1.82) is 5.26 Å². The van der Waals surface area contributed by atoms with E-state index in [1.165, 1.54) is 10.6 Å². The summed E-state index contributed by atoms with van der Waals surface area (Å²) in [4.78, 5) is 3.25. The van der Waals surface area contributed by atoms with Crippen LogP contribution in [0.25, 0.3) is 0 Å². The highest BCUT2D eigenvalue weighted by Crippen LogP contribution is 2.44. The molecule has 0 saturated carbocycles. The number of hydrogen-bond acceptors (Lipinski definition) is 3. The maximum Gasteiger partial charge on any atom is 0.0939 e. The number of rotatable bonds is 0. The van der Waals surface area contributed by atoms with Crippen LogP contribution in [0.5, 0.6) is 0 Å². The van der Waals surface area contributed by atoms with Gasteiger partial charge in [-0.1, -0.05) is 23.9 Å². The SMILES string of the molecule is CN1C(=CC#N)Sc2ccccc21. The predicted octanol–water partition coefficient (Wildman–Crippen LogP) is 2.59. The monoisotopic (exact) mass is 188 g/mol. The van der Waals surface area contributed by atoms with E-state index in [4.69, 9.17) is 5.26 Å². The Morgan fingerprint density at radius 3 is 2.92 bits per heavy atom. The zero-order valence-electron chi connectivity index (χ0n) is 7.19. The van der Waals surface area contributed by atoms with Gasteiger partial charge >= 0.3 is 0 Å². The van der Waals surface area contributed by atoms with Crippen molar-refractivity contribution in [3.05, 3.63) is 35.4 Å². The van der Waals surface area contributed by atoms with Gasteiger partial charge in [0.1, 0.15) is 0 Å². The fourth-order valence-electron chi connectivity index (χ4n) is 1.30. The van der Waals surface area contributed by atoms with Crippen LogP contribution in [0.1, 0.15) is 0 Å². The quantitative estimate of drug-likeness (QED) is 0.585. The summed E-state index contributed by atoms with van der Waals surface area (Å²) in [7, 11) is 1.97. The molecule has 2 nitrogen and oxygen atoms in total. The van der Waals surface area contributed by atoms with Gasteiger partial charge in [-0.25, -0.2) is 0 Å². The van der Waals surface area contributed by atoms with E-state index in [0.29, 0.717) is 0 Å². The van der Waals surface area contributed by atoms with E-state index in [1.807, 2.05) is 24.1 Å². The van der Waals surface area contributed by atoms with Crippen LogP contribution >= 0.6 is 11.8 Å². The Bertz CT molecular complexity index is 404. The first kappa shape index (κ1) is 8.21. The summed E-state index contributed by atoms with van der Waals surface area (Å²) in [5.41, 5.74) is 1.18. The van der Waals surface area contributed by atoms with Gasteiger partial charge < -0.3 is 4.90 Å². The largest absolute Gasteiger partial charge is 0.338 e. The van der Waals surface area contributed by atoms with Crippen molar-refractivity contribution in [3.63, 3.8) is 0 Å². The van der Waals surface area contributed by atoms with Crippen LogP contribution in [-0.2, 0) is 0 Å². The number of para-hydroxylation sites is 1. The van der Waals surface area contributed by atoms with E-state index in [1.54, 1.807) is 17.8 Å². The number of nitriles is 1. The Hall–Kier alpha value is -1.40. The molecule has 1 aromatic carbocycles. The fraction of sp³-hybridized carbons (Fsp3) is 0.100. The molecule has 0 N–H and O–H groups in total. The standard InChI is InChI=1S/C10H8N2S/c1-12-8-4-2-3-5-9(8)13-10(12)6-7-11/h2-6H,1H3. The fourth-order valence-corrected chi connectivity index (χ4v) is 2.33. The van der Waals surface area contributed by atoms with E-state index < -0.39 is 0 Å². The Balaban J connectivity index is 2.45. The first-order chi connectivity index (χ1) is 6.33. The third-order valence-electron chi connectivity index (χ3n) is 1.96. The molecule has 0 bridgehead atoms. The van der Waals surface area contributed by atoms with E-state index >= 15 is 0 Å². The first-order valence-electron chi connectivity index (χ1n) is 3.93. The van der Waals surface area contributed by atoms with Gasteiger partial charge in [0.05, 0.1) is 16.8 Å². The lowest BCUT2D eigenvalue weighted by Gasteiger charge is -2.11. The van der Waals surface area contributed by atoms with E-state index in [2.05, 4.69) is 18.2 Å². The van der Waals surface area contributed by atoms with Gasteiger partial charge in [0.25, 0.3) is 0 Å². The lowest BCUT2D eigenvalue weighted by Crippen LogP contribution is -2.08. The van der Waals surface area contributed by atoms with Crippen LogP contribution in [0, 0.1) is 11.3 Å². The summed E-state index contributed by atoms with van der Waals surface area (Å²) in [6, 6.07) is 10.2. The zero-order chi connectivity index (χ0) is 9.26. The second-order valence-electron chi connectivity index (χ2n) is 2.74. The summed E-state index contributed by atoms with van der Waals surface area (Å²) in [5, 5.41) is 9.55. The number of benzene rings is 1. The molecule has 0 unspecified atom stereocenters. The van der Waals surface area contributed by atoms with Crippen LogP contribution in [0.15, 0.2) is 40.3 Å². The van der Waals surface area contributed by atoms with Crippen LogP contribution in [0.4, 0.5) is 5.69 Å². The number of fused-ring (bicyclic) bond motifs is 1. The maximum atomic E-state index is 8.56. The summed E-state index contributed by atoms with van der Waals surface area (Å²) in [6.45, 7) is 0. The molecule has 2 rings (SSSR count). The molecule has 13 heavy (non-hydrogen) atoms. The average molecular weight is 188 g/mol. The van der Waals surface area contributed by atoms with Crippen LogP contribution < -0.4 is 4.90 Å². The molecule has 1 aliphatic rings. The van der Waals surface area contributed by atoms with Crippen molar-refractivity contribution in [2.24, 2.45) is 0 Å². The van der Waals surface area contributed by atoms with Crippen LogP contribution in [-0.4, -0.2) is 7.05 Å². The summed E-state index contributed by atoms with van der Waals surface area (Å²) >= 11 is 1.63. The van der Waals surface area contributed by atoms with Gasteiger partial charge in [0, 0.05) is 18.0 Å². The number of anilines is 1. The number of nitrogens with zero attached hydrogens (tertiary/aromatic N) is 2. The topological polar surface area (TPSA) is 27.0 Å². The lowest BCUT2D eigenvalue weighted by molar-refractivity contribution is 1.17. The molecule has 0 aliphatic carbocycles. The van der Waals surface area contributed by atoms with E-state index in [9.17, 15) is 0 Å². The minimum Gasteiger partial charge on any atom is -0.338 e. The maximum absolute atomic E-state index is 8.56. The predicted molar refractivity (Wildman–Crippen MR) is 54.4 cm³/mol. The molecule has 1 heterocycles. The smallest absolute Gasteiger partial charge is 0.0939 e. The molecule has 0 aromatic heterocycles. The summed E-state index contributed by atoms with van der Waals surface area (Å²) in [6.07, 6.45) is 1.57. The zero-order valence-corrected chi connectivity index (χ0v) is 8.01. The molecule has 1 aliphatic heterocycles. The normalized spacial score (nSPS) is 17.2. The third kappa shape index (κ3) is 1.30. The van der Waals surface area contributed by atoms with Gasteiger partial charge in [-0.2, -0.15) is 5.26 Å². The molecule has 0 fully saturated rings. The molecule has 64 valence electrons. The molecule has 0 radical (unpaired) electrons. The average Bonchev–Trinajstić information content (AvgIpc) is 2.46. The van der Waals surface area contributed by atoms with Crippen LogP contribution in [0.3, 0.4) is 0 Å². The van der Waals surface area contributed by atoms with Crippen molar-refractivity contribution < 1.29 is 0 Å². The van der Waals surface area contributed by atoms with Crippen molar-refractivity contribution in [2.75, 3.05) is 11.9 Å². The Morgan fingerprint density at radius 2 is 2.23 bits per heavy atom. The summed E-state index contributed by atoms with van der Waals surface area (Å²) < 4.78 is 0. The minimum absolute atomic E-state index is 0.990. The van der Waals surface area contributed by atoms with Crippen molar-refractivity contribution >= 4 is 17.4 Å². The molecule has 0 spiro atoms. The van der Waals surface area contributed by atoms with Gasteiger partial charge in [-0.15, -0.1) is 0 Å². The van der Waals surface area contributed by atoms with Gasteiger partial charge in [-0.3, -0.25) is 0 Å². The molecule has 0 atom stereocenters. The molecular formula is C10H8N2S. The van der Waals surface area contributed by atoms with E-state index in [0.717, 1.165) is 5.03 Å². The molecule has 1 aromatic rings. The number of thioether (sulfide) groups is 1.